The first-order valence-electron chi connectivity index (χ1n) is 5.31. The van der Waals surface area contributed by atoms with Crippen molar-refractivity contribution in [3.05, 3.63) is 29.8 Å². The van der Waals surface area contributed by atoms with E-state index in [1.54, 1.807) is 4.90 Å². The van der Waals surface area contributed by atoms with E-state index in [1.165, 1.54) is 0 Å². The number of fused-ring (bicyclic) bond motifs is 1. The first-order valence-corrected chi connectivity index (χ1v) is 5.31. The smallest absolute Gasteiger partial charge is 0.308 e. The largest absolute Gasteiger partial charge is 0.481 e. The van der Waals surface area contributed by atoms with Gasteiger partial charge in [0.1, 0.15) is 0 Å². The number of carboxylic acid groups (broad SMARTS) is 1. The number of amides is 1. The third-order valence-electron chi connectivity index (χ3n) is 3.27. The van der Waals surface area contributed by atoms with E-state index >= 15 is 0 Å². The Morgan fingerprint density at radius 1 is 1.38 bits per heavy atom. The van der Waals surface area contributed by atoms with Gasteiger partial charge in [-0.25, -0.2) is 0 Å². The summed E-state index contributed by atoms with van der Waals surface area (Å²) in [5.41, 5.74) is 1.89. The van der Waals surface area contributed by atoms with Gasteiger partial charge in [-0.3, -0.25) is 9.59 Å². The summed E-state index contributed by atoms with van der Waals surface area (Å²) < 4.78 is 0. The highest BCUT2D eigenvalue weighted by molar-refractivity contribution is 6.03. The van der Waals surface area contributed by atoms with Crippen LogP contribution in [-0.4, -0.2) is 23.0 Å². The molecular weight excluding hydrogens is 206 g/mol. The van der Waals surface area contributed by atoms with Gasteiger partial charge in [0.05, 0.1) is 18.4 Å². The van der Waals surface area contributed by atoms with Gasteiger partial charge in [-0.2, -0.15) is 0 Å². The lowest BCUT2D eigenvalue weighted by molar-refractivity contribution is -0.138. The Bertz CT molecular complexity index is 483. The van der Waals surface area contributed by atoms with E-state index in [2.05, 4.69) is 0 Å². The van der Waals surface area contributed by atoms with Crippen LogP contribution in [0.4, 0.5) is 5.69 Å². The summed E-state index contributed by atoms with van der Waals surface area (Å²) in [5, 5.41) is 8.88. The van der Waals surface area contributed by atoms with Crippen molar-refractivity contribution >= 4 is 17.6 Å². The van der Waals surface area contributed by atoms with Crippen molar-refractivity contribution in [2.45, 2.75) is 18.9 Å². The minimum atomic E-state index is -0.804. The molecule has 1 aromatic carbocycles. The number of nitrogens with zero attached hydrogens (tertiary/aromatic N) is 1. The van der Waals surface area contributed by atoms with Gasteiger partial charge in [-0.05, 0) is 18.1 Å². The number of carbonyl (C=O) groups is 2. The summed E-state index contributed by atoms with van der Waals surface area (Å²) in [6, 6.07) is 7.46. The molecule has 3 rings (SSSR count). The van der Waals surface area contributed by atoms with Gasteiger partial charge < -0.3 is 10.0 Å². The average molecular weight is 217 g/mol. The van der Waals surface area contributed by atoms with E-state index in [9.17, 15) is 9.59 Å². The maximum absolute atomic E-state index is 11.8. The molecule has 1 aliphatic heterocycles. The van der Waals surface area contributed by atoms with E-state index in [0.717, 1.165) is 11.3 Å². The zero-order chi connectivity index (χ0) is 11.3. The fraction of sp³-hybridized carbons (Fsp3) is 0.333. The standard InChI is InChI=1S/C12H11NO3/c14-11-5-7-3-1-2-4-9(7)13(11)10-6-8(10)12(15)16/h1-4,8,10H,5-6H2,(H,15,16). The number of benzene rings is 1. The maximum atomic E-state index is 11.8. The average Bonchev–Trinajstić information content (AvgIpc) is 2.95. The van der Waals surface area contributed by atoms with E-state index < -0.39 is 5.97 Å². The lowest BCUT2D eigenvalue weighted by Crippen LogP contribution is -2.31. The van der Waals surface area contributed by atoms with Gasteiger partial charge in [0.15, 0.2) is 0 Å². The third kappa shape index (κ3) is 1.23. The summed E-state index contributed by atoms with van der Waals surface area (Å²) in [6.45, 7) is 0. The molecule has 16 heavy (non-hydrogen) atoms. The molecule has 1 heterocycles. The van der Waals surface area contributed by atoms with Gasteiger partial charge in [0.2, 0.25) is 5.91 Å². The number of hydrogen-bond acceptors (Lipinski definition) is 2. The molecule has 1 aliphatic carbocycles. The van der Waals surface area contributed by atoms with Gasteiger partial charge in [-0.15, -0.1) is 0 Å². The van der Waals surface area contributed by atoms with Gasteiger partial charge in [0.25, 0.3) is 0 Å². The van der Waals surface area contributed by atoms with Crippen molar-refractivity contribution in [3.63, 3.8) is 0 Å². The van der Waals surface area contributed by atoms with Gasteiger partial charge in [0, 0.05) is 5.69 Å². The van der Waals surface area contributed by atoms with Crippen molar-refractivity contribution in [1.29, 1.82) is 0 Å². The molecule has 1 amide bonds. The lowest BCUT2D eigenvalue weighted by atomic mass is 10.2. The first kappa shape index (κ1) is 9.39. The second-order valence-corrected chi connectivity index (χ2v) is 4.32. The Balaban J connectivity index is 1.92. The fourth-order valence-corrected chi connectivity index (χ4v) is 2.37. The molecule has 0 saturated heterocycles. The Labute approximate surface area is 92.5 Å². The number of anilines is 1. The molecule has 2 atom stereocenters. The van der Waals surface area contributed by atoms with Crippen LogP contribution in [0.25, 0.3) is 0 Å². The number of aliphatic carboxylic acids is 1. The van der Waals surface area contributed by atoms with E-state index in [0.29, 0.717) is 12.8 Å². The SMILES string of the molecule is O=C(O)C1CC1N1C(=O)Cc2ccccc21. The van der Waals surface area contributed by atoms with Gasteiger partial charge >= 0.3 is 5.97 Å². The molecule has 0 spiro atoms. The fourth-order valence-electron chi connectivity index (χ4n) is 2.37. The van der Waals surface area contributed by atoms with Crippen molar-refractivity contribution in [3.8, 4) is 0 Å². The Hall–Kier alpha value is -1.84. The molecule has 1 saturated carbocycles. The summed E-state index contributed by atoms with van der Waals surface area (Å²) in [5.74, 6) is -1.16. The quantitative estimate of drug-likeness (QED) is 0.805. The number of carboxylic acids is 1. The lowest BCUT2D eigenvalue weighted by Gasteiger charge is -2.16. The van der Waals surface area contributed by atoms with Crippen LogP contribution in [0.15, 0.2) is 24.3 Å². The molecule has 0 bridgehead atoms. The number of rotatable bonds is 2. The second kappa shape index (κ2) is 3.07. The second-order valence-electron chi connectivity index (χ2n) is 4.32. The topological polar surface area (TPSA) is 57.6 Å². The molecule has 2 unspecified atom stereocenters. The third-order valence-corrected chi connectivity index (χ3v) is 3.27. The van der Waals surface area contributed by atoms with Crippen LogP contribution >= 0.6 is 0 Å². The predicted molar refractivity (Wildman–Crippen MR) is 57.2 cm³/mol. The van der Waals surface area contributed by atoms with Crippen molar-refractivity contribution < 1.29 is 14.7 Å². The molecular formula is C12H11NO3. The minimum absolute atomic E-state index is 0.0231. The molecule has 1 N–H and O–H groups in total. The predicted octanol–water partition coefficient (Wildman–Crippen LogP) is 1.05. The molecule has 2 aliphatic rings. The van der Waals surface area contributed by atoms with Crippen molar-refractivity contribution in [2.24, 2.45) is 5.92 Å². The van der Waals surface area contributed by atoms with Crippen LogP contribution < -0.4 is 4.90 Å². The van der Waals surface area contributed by atoms with Gasteiger partial charge in [-0.1, -0.05) is 18.2 Å². The van der Waals surface area contributed by atoms with Crippen molar-refractivity contribution in [2.75, 3.05) is 4.90 Å². The zero-order valence-corrected chi connectivity index (χ0v) is 8.59. The molecule has 4 nitrogen and oxygen atoms in total. The summed E-state index contributed by atoms with van der Waals surface area (Å²) in [4.78, 5) is 24.3. The van der Waals surface area contributed by atoms with E-state index in [4.69, 9.17) is 5.11 Å². The molecule has 82 valence electrons. The Morgan fingerprint density at radius 2 is 2.12 bits per heavy atom. The molecule has 1 aromatic rings. The monoisotopic (exact) mass is 217 g/mol. The molecule has 1 fully saturated rings. The first-order chi connectivity index (χ1) is 7.68. The summed E-state index contributed by atoms with van der Waals surface area (Å²) >= 11 is 0. The number of hydrogen-bond donors (Lipinski definition) is 1. The zero-order valence-electron chi connectivity index (χ0n) is 8.59. The van der Waals surface area contributed by atoms with Crippen LogP contribution in [0.2, 0.25) is 0 Å². The highest BCUT2D eigenvalue weighted by Gasteiger charge is 2.51. The van der Waals surface area contributed by atoms with E-state index in [-0.39, 0.29) is 17.9 Å². The van der Waals surface area contributed by atoms with Crippen LogP contribution in [0.1, 0.15) is 12.0 Å². The van der Waals surface area contributed by atoms with Crippen LogP contribution in [0.5, 0.6) is 0 Å². The number of para-hydroxylation sites is 1. The van der Waals surface area contributed by atoms with Crippen LogP contribution in [0, 0.1) is 5.92 Å². The van der Waals surface area contributed by atoms with Crippen molar-refractivity contribution in [1.82, 2.24) is 0 Å². The molecule has 0 radical (unpaired) electrons. The number of carbonyl (C=O) groups excluding carboxylic acids is 1. The summed E-state index contributed by atoms with van der Waals surface area (Å²) in [7, 11) is 0. The van der Waals surface area contributed by atoms with Crippen LogP contribution in [-0.2, 0) is 16.0 Å². The highest BCUT2D eigenvalue weighted by Crippen LogP contribution is 2.42. The molecule has 0 aromatic heterocycles. The normalized spacial score (nSPS) is 26.8. The minimum Gasteiger partial charge on any atom is -0.481 e. The maximum Gasteiger partial charge on any atom is 0.308 e. The Kier molecular flexibility index (Phi) is 1.80. The van der Waals surface area contributed by atoms with E-state index in [1.807, 2.05) is 24.3 Å². The highest BCUT2D eigenvalue weighted by atomic mass is 16.4. The Morgan fingerprint density at radius 3 is 2.81 bits per heavy atom. The summed E-state index contributed by atoms with van der Waals surface area (Å²) in [6.07, 6.45) is 0.981. The molecule has 4 heteroatoms. The van der Waals surface area contributed by atoms with Crippen LogP contribution in [0.3, 0.4) is 0 Å².